The summed E-state index contributed by atoms with van der Waals surface area (Å²) < 4.78 is 0. The zero-order valence-electron chi connectivity index (χ0n) is 13.2. The van der Waals surface area contributed by atoms with Crippen LogP contribution in [0.4, 0.5) is 0 Å². The van der Waals surface area contributed by atoms with E-state index < -0.39 is 0 Å². The first-order valence-electron chi connectivity index (χ1n) is 8.02. The number of benzene rings is 1. The number of carbonyl (C=O) groups excluding carboxylic acids is 1. The van der Waals surface area contributed by atoms with Gasteiger partial charge in [0.05, 0.1) is 0 Å². The number of carbonyl (C=O) groups is 1. The lowest BCUT2D eigenvalue weighted by molar-refractivity contribution is -0.131. The summed E-state index contributed by atoms with van der Waals surface area (Å²) in [4.78, 5) is 12.9. The van der Waals surface area contributed by atoms with E-state index in [1.165, 1.54) is 17.5 Å². The van der Waals surface area contributed by atoms with E-state index in [0.717, 1.165) is 19.3 Å². The van der Waals surface area contributed by atoms with Gasteiger partial charge in [0, 0.05) is 11.3 Å². The quantitative estimate of drug-likeness (QED) is 0.794. The Balaban J connectivity index is 1.87. The van der Waals surface area contributed by atoms with Crippen LogP contribution in [0.25, 0.3) is 0 Å². The van der Waals surface area contributed by atoms with Crippen molar-refractivity contribution in [2.24, 2.45) is 22.7 Å². The number of ketones is 1. The van der Waals surface area contributed by atoms with Crippen LogP contribution in [-0.2, 0) is 17.6 Å². The summed E-state index contributed by atoms with van der Waals surface area (Å²) in [5.41, 5.74) is 2.82. The zero-order valence-corrected chi connectivity index (χ0v) is 13.2. The van der Waals surface area contributed by atoms with E-state index in [-0.39, 0.29) is 16.7 Å². The smallest absolute Gasteiger partial charge is 0.142 e. The van der Waals surface area contributed by atoms with Crippen molar-refractivity contribution in [3.05, 3.63) is 35.4 Å². The average Bonchev–Trinajstić information content (AvgIpc) is 2.73. The molecular weight excluding hydrogens is 244 g/mol. The van der Waals surface area contributed by atoms with Gasteiger partial charge in [-0.1, -0.05) is 52.0 Å². The van der Waals surface area contributed by atoms with Crippen LogP contribution in [0.2, 0.25) is 0 Å². The lowest BCUT2D eigenvalue weighted by Crippen LogP contribution is -2.33. The predicted octanol–water partition coefficient (Wildman–Crippen LogP) is 4.43. The van der Waals surface area contributed by atoms with Crippen LogP contribution in [0.15, 0.2) is 24.3 Å². The fourth-order valence-electron chi connectivity index (χ4n) is 4.74. The predicted molar refractivity (Wildman–Crippen MR) is 82.6 cm³/mol. The third-order valence-electron chi connectivity index (χ3n) is 6.53. The highest BCUT2D eigenvalue weighted by Crippen LogP contribution is 2.66. The first-order chi connectivity index (χ1) is 9.40. The molecule has 1 heteroatoms. The van der Waals surface area contributed by atoms with E-state index in [4.69, 9.17) is 0 Å². The van der Waals surface area contributed by atoms with Crippen molar-refractivity contribution in [3.8, 4) is 0 Å². The summed E-state index contributed by atoms with van der Waals surface area (Å²) in [6, 6.07) is 8.79. The van der Waals surface area contributed by atoms with Gasteiger partial charge < -0.3 is 0 Å². The highest BCUT2D eigenvalue weighted by Gasteiger charge is 2.65. The summed E-state index contributed by atoms with van der Waals surface area (Å²) >= 11 is 0. The number of Topliss-reactive ketones (excluding diaryl/α,β-unsaturated/α-hetero) is 1. The van der Waals surface area contributed by atoms with Gasteiger partial charge >= 0.3 is 0 Å². The van der Waals surface area contributed by atoms with Crippen LogP contribution in [0.1, 0.15) is 51.7 Å². The van der Waals surface area contributed by atoms with E-state index in [2.05, 4.69) is 52.0 Å². The van der Waals surface area contributed by atoms with Crippen LogP contribution >= 0.6 is 0 Å². The van der Waals surface area contributed by atoms with Crippen molar-refractivity contribution in [2.75, 3.05) is 0 Å². The van der Waals surface area contributed by atoms with Gasteiger partial charge in [0.1, 0.15) is 5.78 Å². The molecule has 1 aromatic rings. The van der Waals surface area contributed by atoms with Gasteiger partial charge in [-0.15, -0.1) is 0 Å². The number of aryl methyl sites for hydroxylation is 1. The summed E-state index contributed by atoms with van der Waals surface area (Å²) in [6.45, 7) is 9.01. The van der Waals surface area contributed by atoms with Crippen LogP contribution in [0.3, 0.4) is 0 Å². The number of hydrogen-bond donors (Lipinski definition) is 0. The second kappa shape index (κ2) is 4.44. The van der Waals surface area contributed by atoms with Gasteiger partial charge in [-0.3, -0.25) is 4.79 Å². The van der Waals surface area contributed by atoms with Crippen LogP contribution < -0.4 is 0 Å². The molecule has 2 aliphatic rings. The van der Waals surface area contributed by atoms with Crippen LogP contribution in [0.5, 0.6) is 0 Å². The van der Waals surface area contributed by atoms with Crippen molar-refractivity contribution in [2.45, 2.75) is 53.4 Å². The van der Waals surface area contributed by atoms with Crippen LogP contribution in [0, 0.1) is 22.7 Å². The Morgan fingerprint density at radius 3 is 2.50 bits per heavy atom. The molecule has 3 rings (SSSR count). The van der Waals surface area contributed by atoms with Crippen molar-refractivity contribution < 1.29 is 4.79 Å². The molecule has 3 atom stereocenters. The maximum absolute atomic E-state index is 12.9. The van der Waals surface area contributed by atoms with Crippen molar-refractivity contribution >= 4 is 5.78 Å². The molecule has 0 radical (unpaired) electrons. The number of hydrogen-bond acceptors (Lipinski definition) is 1. The Bertz CT molecular complexity index is 542. The highest BCUT2D eigenvalue weighted by molar-refractivity contribution is 5.91. The van der Waals surface area contributed by atoms with Gasteiger partial charge in [-0.05, 0) is 48.1 Å². The Morgan fingerprint density at radius 2 is 1.90 bits per heavy atom. The highest BCUT2D eigenvalue weighted by atomic mass is 16.1. The summed E-state index contributed by atoms with van der Waals surface area (Å²) in [6.07, 6.45) is 4.33. The third-order valence-corrected chi connectivity index (χ3v) is 6.53. The Morgan fingerprint density at radius 1 is 1.20 bits per heavy atom. The molecule has 108 valence electrons. The van der Waals surface area contributed by atoms with E-state index in [9.17, 15) is 4.79 Å². The molecule has 2 fully saturated rings. The second-order valence-corrected chi connectivity index (χ2v) is 7.55. The second-order valence-electron chi connectivity index (χ2n) is 7.55. The molecule has 0 spiro atoms. The topological polar surface area (TPSA) is 17.1 Å². The molecule has 0 amide bonds. The standard InChI is InChI=1S/C19H26O/c1-5-13-7-6-8-14(11-13)12-15-16-9-10-19(4,17(15)20)18(16,2)3/h6-8,11,15-16H,5,9-10,12H2,1-4H3. The van der Waals surface area contributed by atoms with E-state index >= 15 is 0 Å². The third kappa shape index (κ3) is 1.71. The molecule has 2 bridgehead atoms. The van der Waals surface area contributed by atoms with E-state index in [1.807, 2.05) is 0 Å². The first kappa shape index (κ1) is 13.9. The minimum absolute atomic E-state index is 0.0787. The summed E-state index contributed by atoms with van der Waals surface area (Å²) in [7, 11) is 0. The molecule has 3 unspecified atom stereocenters. The Hall–Kier alpha value is -1.11. The van der Waals surface area contributed by atoms with Gasteiger partial charge in [-0.2, -0.15) is 0 Å². The zero-order chi connectivity index (χ0) is 14.5. The summed E-state index contributed by atoms with van der Waals surface area (Å²) in [5, 5.41) is 0. The normalized spacial score (nSPS) is 34.7. The lowest BCUT2D eigenvalue weighted by Gasteiger charge is -2.32. The molecule has 0 N–H and O–H groups in total. The molecule has 0 heterocycles. The minimum Gasteiger partial charge on any atom is -0.299 e. The van der Waals surface area contributed by atoms with Crippen molar-refractivity contribution in [1.29, 1.82) is 0 Å². The Labute approximate surface area is 122 Å². The van der Waals surface area contributed by atoms with E-state index in [0.29, 0.717) is 11.7 Å². The molecule has 2 saturated carbocycles. The van der Waals surface area contributed by atoms with Gasteiger partial charge in [0.2, 0.25) is 0 Å². The van der Waals surface area contributed by atoms with Crippen LogP contribution in [-0.4, -0.2) is 5.78 Å². The molecule has 0 aromatic heterocycles. The number of fused-ring (bicyclic) bond motifs is 2. The molecular formula is C19H26O. The minimum atomic E-state index is -0.0787. The van der Waals surface area contributed by atoms with Crippen molar-refractivity contribution in [1.82, 2.24) is 0 Å². The maximum atomic E-state index is 12.9. The average molecular weight is 270 g/mol. The number of rotatable bonds is 3. The van der Waals surface area contributed by atoms with Gasteiger partial charge in [0.15, 0.2) is 0 Å². The molecule has 0 saturated heterocycles. The first-order valence-corrected chi connectivity index (χ1v) is 8.02. The molecule has 2 aliphatic carbocycles. The maximum Gasteiger partial charge on any atom is 0.142 e. The van der Waals surface area contributed by atoms with Gasteiger partial charge in [-0.25, -0.2) is 0 Å². The van der Waals surface area contributed by atoms with E-state index in [1.54, 1.807) is 0 Å². The van der Waals surface area contributed by atoms with Crippen molar-refractivity contribution in [3.63, 3.8) is 0 Å². The Kier molecular flexibility index (Phi) is 3.08. The SMILES string of the molecule is CCc1cccc(CC2C(=O)C3(C)CCC2C3(C)C)c1. The lowest BCUT2D eigenvalue weighted by atomic mass is 9.70. The summed E-state index contributed by atoms with van der Waals surface area (Å²) in [5.74, 6) is 1.35. The molecule has 20 heavy (non-hydrogen) atoms. The molecule has 1 nitrogen and oxygen atoms in total. The fourth-order valence-corrected chi connectivity index (χ4v) is 4.74. The van der Waals surface area contributed by atoms with Gasteiger partial charge in [0.25, 0.3) is 0 Å². The largest absolute Gasteiger partial charge is 0.299 e. The monoisotopic (exact) mass is 270 g/mol. The molecule has 1 aromatic carbocycles. The fraction of sp³-hybridized carbons (Fsp3) is 0.632. The molecule has 0 aliphatic heterocycles.